The topological polar surface area (TPSA) is 72.4 Å². The third kappa shape index (κ3) is 5.53. The molecule has 0 fully saturated rings. The highest BCUT2D eigenvalue weighted by atomic mass is 35.5. The molecule has 0 saturated heterocycles. The zero-order chi connectivity index (χ0) is 13.8. The number of nitrogens with one attached hydrogen (secondary N) is 1. The van der Waals surface area contributed by atoms with Gasteiger partial charge in [0, 0.05) is 25.1 Å². The smallest absolute Gasteiger partial charge is 0.237 e. The maximum Gasteiger partial charge on any atom is 0.237 e. The molecule has 0 saturated carbocycles. The molecule has 1 amide bonds. The van der Waals surface area contributed by atoms with E-state index < -0.39 is 6.04 Å². The minimum atomic E-state index is -0.435. The second kappa shape index (κ2) is 8.87. The molecule has 2 aromatic heterocycles. The molecular weight excluding hydrogens is 311 g/mol. The number of pyridine rings is 1. The van der Waals surface area contributed by atoms with Crippen LogP contribution in [0.3, 0.4) is 0 Å². The number of rotatable bonds is 5. The highest BCUT2D eigenvalue weighted by Gasteiger charge is 2.14. The summed E-state index contributed by atoms with van der Waals surface area (Å²) in [7, 11) is 0. The second-order valence-corrected chi connectivity index (χ2v) is 5.18. The Labute approximate surface area is 137 Å². The summed E-state index contributed by atoms with van der Waals surface area (Å²) in [5, 5.41) is 2.86. The molecule has 0 unspecified atom stereocenters. The van der Waals surface area contributed by atoms with Crippen molar-refractivity contribution in [1.29, 1.82) is 0 Å². The van der Waals surface area contributed by atoms with Crippen LogP contribution in [0.25, 0.3) is 5.65 Å². The molecule has 0 bridgehead atoms. The molecule has 2 rings (SSSR count). The maximum absolute atomic E-state index is 11.8. The molecule has 1 atom stereocenters. The van der Waals surface area contributed by atoms with E-state index in [1.165, 1.54) is 0 Å². The summed E-state index contributed by atoms with van der Waals surface area (Å²) in [5.41, 5.74) is 7.72. The van der Waals surface area contributed by atoms with Crippen LogP contribution in [0.4, 0.5) is 0 Å². The minimum Gasteiger partial charge on any atom is -0.351 e. The molecule has 0 aromatic carbocycles. The lowest BCUT2D eigenvalue weighted by Gasteiger charge is -2.14. The van der Waals surface area contributed by atoms with Crippen LogP contribution in [0, 0.1) is 5.92 Å². The Hall–Kier alpha value is -1.30. The van der Waals surface area contributed by atoms with Crippen LogP contribution in [0.15, 0.2) is 30.7 Å². The van der Waals surface area contributed by atoms with Crippen LogP contribution in [0.2, 0.25) is 0 Å². The van der Waals surface area contributed by atoms with E-state index in [0.29, 0.717) is 18.9 Å². The van der Waals surface area contributed by atoms with Crippen LogP contribution in [-0.4, -0.2) is 21.3 Å². The van der Waals surface area contributed by atoms with Gasteiger partial charge in [-0.25, -0.2) is 4.98 Å². The summed E-state index contributed by atoms with van der Waals surface area (Å²) in [6.07, 6.45) is 6.26. The number of aromatic nitrogens is 2. The van der Waals surface area contributed by atoms with Crippen molar-refractivity contribution in [2.45, 2.75) is 32.9 Å². The molecule has 0 radical (unpaired) electrons. The number of hydrogen-bond acceptors (Lipinski definition) is 3. The molecular formula is C14H22Cl2N4O. The quantitative estimate of drug-likeness (QED) is 0.881. The first kappa shape index (κ1) is 19.7. The number of nitrogens with zero attached hydrogens (tertiary/aromatic N) is 2. The standard InChI is InChI=1S/C14H20N4O.2ClH/c1-10(2)7-12(15)14(19)17-9-11-3-5-18-6-4-16-13(18)8-11;;/h3-6,8,10,12H,7,9,15H2,1-2H3,(H,17,19);2*1H/t12-;;/m0../s1. The van der Waals surface area contributed by atoms with Gasteiger partial charge in [-0.15, -0.1) is 24.8 Å². The second-order valence-electron chi connectivity index (χ2n) is 5.18. The molecule has 0 aliphatic carbocycles. The van der Waals surface area contributed by atoms with E-state index in [2.05, 4.69) is 24.1 Å². The average molecular weight is 333 g/mol. The van der Waals surface area contributed by atoms with Gasteiger partial charge in [0.15, 0.2) is 0 Å². The number of fused-ring (bicyclic) bond motifs is 1. The maximum atomic E-state index is 11.8. The molecule has 118 valence electrons. The van der Waals surface area contributed by atoms with Gasteiger partial charge >= 0.3 is 0 Å². The monoisotopic (exact) mass is 332 g/mol. The largest absolute Gasteiger partial charge is 0.351 e. The molecule has 5 nitrogen and oxygen atoms in total. The molecule has 2 heterocycles. The Morgan fingerprint density at radius 2 is 2.10 bits per heavy atom. The Morgan fingerprint density at radius 1 is 1.38 bits per heavy atom. The van der Waals surface area contributed by atoms with Crippen molar-refractivity contribution in [3.8, 4) is 0 Å². The number of amides is 1. The fourth-order valence-electron chi connectivity index (χ4n) is 2.00. The van der Waals surface area contributed by atoms with Gasteiger partial charge in [0.2, 0.25) is 5.91 Å². The molecule has 3 N–H and O–H groups in total. The van der Waals surface area contributed by atoms with Gasteiger partial charge < -0.3 is 15.5 Å². The van der Waals surface area contributed by atoms with E-state index in [1.54, 1.807) is 6.20 Å². The van der Waals surface area contributed by atoms with Crippen molar-refractivity contribution in [3.63, 3.8) is 0 Å². The molecule has 21 heavy (non-hydrogen) atoms. The van der Waals surface area contributed by atoms with Gasteiger partial charge in [0.25, 0.3) is 0 Å². The van der Waals surface area contributed by atoms with E-state index >= 15 is 0 Å². The van der Waals surface area contributed by atoms with E-state index in [1.807, 2.05) is 28.9 Å². The number of carbonyl (C=O) groups excluding carboxylic acids is 1. The number of halogens is 2. The van der Waals surface area contributed by atoms with Crippen molar-refractivity contribution < 1.29 is 4.79 Å². The highest BCUT2D eigenvalue weighted by molar-refractivity contribution is 5.85. The lowest BCUT2D eigenvalue weighted by atomic mass is 10.0. The van der Waals surface area contributed by atoms with Crippen molar-refractivity contribution in [1.82, 2.24) is 14.7 Å². The van der Waals surface area contributed by atoms with E-state index in [-0.39, 0.29) is 30.7 Å². The van der Waals surface area contributed by atoms with Gasteiger partial charge in [-0.3, -0.25) is 4.79 Å². The van der Waals surface area contributed by atoms with E-state index in [9.17, 15) is 4.79 Å². The molecule has 0 spiro atoms. The summed E-state index contributed by atoms with van der Waals surface area (Å²) >= 11 is 0. The first-order chi connectivity index (χ1) is 9.06. The van der Waals surface area contributed by atoms with Crippen LogP contribution < -0.4 is 11.1 Å². The lowest BCUT2D eigenvalue weighted by molar-refractivity contribution is -0.122. The predicted octanol–water partition coefficient (Wildman–Crippen LogP) is 2.17. The van der Waals surface area contributed by atoms with Crippen molar-refractivity contribution in [2.24, 2.45) is 11.7 Å². The number of carbonyl (C=O) groups is 1. The van der Waals surface area contributed by atoms with Gasteiger partial charge in [0.1, 0.15) is 5.65 Å². The Balaban J connectivity index is 0.00000200. The Kier molecular flexibility index (Phi) is 8.32. The third-order valence-electron chi connectivity index (χ3n) is 2.99. The van der Waals surface area contributed by atoms with Crippen LogP contribution in [0.1, 0.15) is 25.8 Å². The van der Waals surface area contributed by atoms with Crippen LogP contribution in [0.5, 0.6) is 0 Å². The zero-order valence-electron chi connectivity index (χ0n) is 12.2. The van der Waals surface area contributed by atoms with Crippen molar-refractivity contribution >= 4 is 36.4 Å². The van der Waals surface area contributed by atoms with E-state index in [4.69, 9.17) is 5.73 Å². The van der Waals surface area contributed by atoms with Gasteiger partial charge in [-0.1, -0.05) is 13.8 Å². The number of nitrogens with two attached hydrogens (primary N) is 1. The summed E-state index contributed by atoms with van der Waals surface area (Å²) in [6, 6.07) is 3.48. The summed E-state index contributed by atoms with van der Waals surface area (Å²) in [4.78, 5) is 16.0. The molecule has 0 aliphatic heterocycles. The van der Waals surface area contributed by atoms with Gasteiger partial charge in [-0.2, -0.15) is 0 Å². The Bertz CT molecular complexity index is 571. The number of imidazole rings is 1. The first-order valence-corrected chi connectivity index (χ1v) is 6.51. The average Bonchev–Trinajstić information content (AvgIpc) is 2.82. The van der Waals surface area contributed by atoms with Gasteiger partial charge in [0.05, 0.1) is 6.04 Å². The Morgan fingerprint density at radius 3 is 2.76 bits per heavy atom. The van der Waals surface area contributed by atoms with Crippen LogP contribution >= 0.6 is 24.8 Å². The van der Waals surface area contributed by atoms with Crippen molar-refractivity contribution in [2.75, 3.05) is 0 Å². The van der Waals surface area contributed by atoms with Crippen LogP contribution in [-0.2, 0) is 11.3 Å². The summed E-state index contributed by atoms with van der Waals surface area (Å²) < 4.78 is 1.93. The van der Waals surface area contributed by atoms with E-state index in [0.717, 1.165) is 11.2 Å². The van der Waals surface area contributed by atoms with Gasteiger partial charge in [-0.05, 0) is 30.0 Å². The summed E-state index contributed by atoms with van der Waals surface area (Å²) in [6.45, 7) is 4.59. The molecule has 0 aliphatic rings. The fraction of sp³-hybridized carbons (Fsp3) is 0.429. The number of hydrogen-bond donors (Lipinski definition) is 2. The summed E-state index contributed by atoms with van der Waals surface area (Å²) in [5.74, 6) is 0.318. The lowest BCUT2D eigenvalue weighted by Crippen LogP contribution is -2.41. The predicted molar refractivity (Wildman–Crippen MR) is 89.0 cm³/mol. The first-order valence-electron chi connectivity index (χ1n) is 6.51. The fourth-order valence-corrected chi connectivity index (χ4v) is 2.00. The SMILES string of the molecule is CC(C)C[C@H](N)C(=O)NCc1ccn2ccnc2c1.Cl.Cl. The minimum absolute atomic E-state index is 0. The zero-order valence-corrected chi connectivity index (χ0v) is 13.8. The normalized spacial score (nSPS) is 11.6. The van der Waals surface area contributed by atoms with Crippen molar-refractivity contribution in [3.05, 3.63) is 36.3 Å². The molecule has 2 aromatic rings. The highest BCUT2D eigenvalue weighted by Crippen LogP contribution is 2.06. The third-order valence-corrected chi connectivity index (χ3v) is 2.99. The molecule has 7 heteroatoms.